The number of nitrogens with zero attached hydrogens (tertiary/aromatic N) is 3. The second-order valence-corrected chi connectivity index (χ2v) is 6.80. The van der Waals surface area contributed by atoms with Crippen LogP contribution in [0.1, 0.15) is 44.2 Å². The van der Waals surface area contributed by atoms with Crippen LogP contribution in [0.15, 0.2) is 21.5 Å². The summed E-state index contributed by atoms with van der Waals surface area (Å²) in [6, 6.07) is 3.59. The molecule has 0 radical (unpaired) electrons. The van der Waals surface area contributed by atoms with Gasteiger partial charge in [0.2, 0.25) is 17.6 Å². The van der Waals surface area contributed by atoms with Gasteiger partial charge in [-0.05, 0) is 38.3 Å². The highest BCUT2D eigenvalue weighted by Crippen LogP contribution is 2.14. The maximum absolute atomic E-state index is 12.6. The molecule has 0 unspecified atom stereocenters. The molecule has 0 spiro atoms. The zero-order valence-corrected chi connectivity index (χ0v) is 15.9. The number of carbonyl (C=O) groups is 1. The van der Waals surface area contributed by atoms with Gasteiger partial charge in [-0.15, -0.1) is 0 Å². The number of amides is 1. The minimum absolute atomic E-state index is 0.0779. The van der Waals surface area contributed by atoms with Crippen LogP contribution < -0.4 is 10.9 Å². The van der Waals surface area contributed by atoms with Gasteiger partial charge in [0, 0.05) is 38.2 Å². The Hall–Kier alpha value is -2.48. The third kappa shape index (κ3) is 4.82. The lowest BCUT2D eigenvalue weighted by Gasteiger charge is -2.10. The maximum Gasteiger partial charge on any atom is 0.261 e. The molecule has 0 saturated carbocycles. The topological polar surface area (TPSA) is 99.2 Å². The van der Waals surface area contributed by atoms with E-state index in [0.29, 0.717) is 31.0 Å². The first-order chi connectivity index (χ1) is 13.1. The average molecular weight is 374 g/mol. The van der Waals surface area contributed by atoms with Crippen LogP contribution in [-0.4, -0.2) is 39.9 Å². The predicted octanol–water partition coefficient (Wildman–Crippen LogP) is 1.84. The lowest BCUT2D eigenvalue weighted by molar-refractivity contribution is -0.121. The maximum atomic E-state index is 12.6. The lowest BCUT2D eigenvalue weighted by Crippen LogP contribution is -2.31. The van der Waals surface area contributed by atoms with Crippen molar-refractivity contribution < 1.29 is 14.1 Å². The van der Waals surface area contributed by atoms with Gasteiger partial charge in [0.15, 0.2) is 0 Å². The summed E-state index contributed by atoms with van der Waals surface area (Å²) in [5.74, 6) is 0.532. The molecule has 146 valence electrons. The third-order valence-electron chi connectivity index (χ3n) is 4.67. The van der Waals surface area contributed by atoms with E-state index in [-0.39, 0.29) is 29.8 Å². The van der Waals surface area contributed by atoms with Crippen LogP contribution in [0.4, 0.5) is 0 Å². The fourth-order valence-corrected chi connectivity index (χ4v) is 3.15. The standard InChI is InChI=1S/C19H26N4O4/c1-3-10-23-13(2)6-7-15(19(23)25)18-21-17(27-22-18)9-8-16(24)20-12-14-5-4-11-26-14/h6-7,14H,3-5,8-12H2,1-2H3,(H,20,24)/t14-/m1/s1. The monoisotopic (exact) mass is 374 g/mol. The zero-order chi connectivity index (χ0) is 19.2. The summed E-state index contributed by atoms with van der Waals surface area (Å²) >= 11 is 0. The Balaban J connectivity index is 1.59. The van der Waals surface area contributed by atoms with Crippen LogP contribution in [-0.2, 0) is 22.5 Å². The Morgan fingerprint density at radius 3 is 3.00 bits per heavy atom. The molecule has 1 amide bonds. The molecule has 0 bridgehead atoms. The number of aryl methyl sites for hydroxylation is 2. The van der Waals surface area contributed by atoms with Gasteiger partial charge in [-0.1, -0.05) is 12.1 Å². The highest BCUT2D eigenvalue weighted by molar-refractivity contribution is 5.76. The van der Waals surface area contributed by atoms with Crippen LogP contribution >= 0.6 is 0 Å². The molecule has 0 aromatic carbocycles. The van der Waals surface area contributed by atoms with Gasteiger partial charge >= 0.3 is 0 Å². The second kappa shape index (κ2) is 8.94. The number of carbonyl (C=O) groups excluding carboxylic acids is 1. The van der Waals surface area contributed by atoms with Crippen molar-refractivity contribution in [3.63, 3.8) is 0 Å². The Morgan fingerprint density at radius 1 is 1.41 bits per heavy atom. The number of ether oxygens (including phenoxy) is 1. The largest absolute Gasteiger partial charge is 0.376 e. The van der Waals surface area contributed by atoms with Crippen LogP contribution in [0.3, 0.4) is 0 Å². The molecule has 1 fully saturated rings. The molecule has 1 saturated heterocycles. The highest BCUT2D eigenvalue weighted by atomic mass is 16.5. The van der Waals surface area contributed by atoms with Crippen molar-refractivity contribution in [1.82, 2.24) is 20.0 Å². The second-order valence-electron chi connectivity index (χ2n) is 6.80. The average Bonchev–Trinajstić information content (AvgIpc) is 3.33. The summed E-state index contributed by atoms with van der Waals surface area (Å²) in [6.45, 7) is 5.87. The van der Waals surface area contributed by atoms with E-state index in [0.717, 1.165) is 31.6 Å². The van der Waals surface area contributed by atoms with Crippen molar-refractivity contribution in [1.29, 1.82) is 0 Å². The molecule has 3 heterocycles. The first kappa shape index (κ1) is 19.3. The Labute approximate surface area is 157 Å². The highest BCUT2D eigenvalue weighted by Gasteiger charge is 2.17. The summed E-state index contributed by atoms with van der Waals surface area (Å²) in [5.41, 5.74) is 1.18. The summed E-state index contributed by atoms with van der Waals surface area (Å²) in [5, 5.41) is 6.78. The van der Waals surface area contributed by atoms with Crippen molar-refractivity contribution in [3.05, 3.63) is 34.1 Å². The molecular formula is C19H26N4O4. The summed E-state index contributed by atoms with van der Waals surface area (Å²) in [7, 11) is 0. The van der Waals surface area contributed by atoms with Gasteiger partial charge in [0.25, 0.3) is 5.56 Å². The van der Waals surface area contributed by atoms with E-state index >= 15 is 0 Å². The van der Waals surface area contributed by atoms with Crippen LogP contribution in [0.25, 0.3) is 11.4 Å². The van der Waals surface area contributed by atoms with Gasteiger partial charge < -0.3 is 19.1 Å². The van der Waals surface area contributed by atoms with Crippen molar-refractivity contribution in [2.75, 3.05) is 13.2 Å². The number of hydrogen-bond acceptors (Lipinski definition) is 6. The van der Waals surface area contributed by atoms with Crippen molar-refractivity contribution >= 4 is 5.91 Å². The number of aromatic nitrogens is 3. The summed E-state index contributed by atoms with van der Waals surface area (Å²) < 4.78 is 12.4. The number of hydrogen-bond donors (Lipinski definition) is 1. The fourth-order valence-electron chi connectivity index (χ4n) is 3.15. The SMILES string of the molecule is CCCn1c(C)ccc(-c2noc(CCC(=O)NC[C@H]3CCCO3)n2)c1=O. The molecular weight excluding hydrogens is 348 g/mol. The molecule has 1 N–H and O–H groups in total. The Kier molecular flexibility index (Phi) is 6.39. The van der Waals surface area contributed by atoms with E-state index in [4.69, 9.17) is 9.26 Å². The third-order valence-corrected chi connectivity index (χ3v) is 4.67. The first-order valence-corrected chi connectivity index (χ1v) is 9.50. The van der Waals surface area contributed by atoms with Crippen molar-refractivity contribution in [2.45, 2.75) is 58.6 Å². The van der Waals surface area contributed by atoms with Gasteiger partial charge in [-0.3, -0.25) is 9.59 Å². The van der Waals surface area contributed by atoms with Gasteiger partial charge in [-0.2, -0.15) is 4.98 Å². The minimum atomic E-state index is -0.126. The van der Waals surface area contributed by atoms with Gasteiger partial charge in [-0.25, -0.2) is 0 Å². The van der Waals surface area contributed by atoms with Gasteiger partial charge in [0.1, 0.15) is 0 Å². The van der Waals surface area contributed by atoms with Crippen LogP contribution in [0.5, 0.6) is 0 Å². The van der Waals surface area contributed by atoms with Crippen molar-refractivity contribution in [2.24, 2.45) is 0 Å². The van der Waals surface area contributed by atoms with Crippen molar-refractivity contribution in [3.8, 4) is 11.4 Å². The number of rotatable bonds is 8. The Bertz CT molecular complexity index is 836. The predicted molar refractivity (Wildman–Crippen MR) is 99.3 cm³/mol. The molecule has 27 heavy (non-hydrogen) atoms. The molecule has 0 aliphatic carbocycles. The number of pyridine rings is 1. The van der Waals surface area contributed by atoms with E-state index in [9.17, 15) is 9.59 Å². The van der Waals surface area contributed by atoms with E-state index in [1.54, 1.807) is 10.6 Å². The quantitative estimate of drug-likeness (QED) is 0.757. The molecule has 8 heteroatoms. The number of nitrogens with one attached hydrogen (secondary N) is 1. The van der Waals surface area contributed by atoms with E-state index < -0.39 is 0 Å². The lowest BCUT2D eigenvalue weighted by atomic mass is 10.2. The molecule has 3 rings (SSSR count). The van der Waals surface area contributed by atoms with E-state index in [1.807, 2.05) is 19.9 Å². The molecule has 1 atom stereocenters. The fraction of sp³-hybridized carbons (Fsp3) is 0.579. The van der Waals surface area contributed by atoms with Gasteiger partial charge in [0.05, 0.1) is 11.7 Å². The smallest absolute Gasteiger partial charge is 0.261 e. The molecule has 8 nitrogen and oxygen atoms in total. The van der Waals surface area contributed by atoms with Crippen LogP contribution in [0, 0.1) is 6.92 Å². The molecule has 1 aliphatic heterocycles. The molecule has 2 aromatic rings. The van der Waals surface area contributed by atoms with Crippen LogP contribution in [0.2, 0.25) is 0 Å². The minimum Gasteiger partial charge on any atom is -0.376 e. The normalized spacial score (nSPS) is 16.6. The zero-order valence-electron chi connectivity index (χ0n) is 15.9. The molecule has 2 aromatic heterocycles. The van der Waals surface area contributed by atoms with E-state index in [1.165, 1.54) is 0 Å². The Morgan fingerprint density at radius 2 is 2.26 bits per heavy atom. The molecule has 1 aliphatic rings. The summed E-state index contributed by atoms with van der Waals surface area (Å²) in [4.78, 5) is 28.9. The first-order valence-electron chi connectivity index (χ1n) is 9.50. The van der Waals surface area contributed by atoms with E-state index in [2.05, 4.69) is 15.5 Å². The summed E-state index contributed by atoms with van der Waals surface area (Å²) in [6.07, 6.45) is 3.60.